The van der Waals surface area contributed by atoms with Crippen LogP contribution in [0.15, 0.2) is 46.3 Å². The summed E-state index contributed by atoms with van der Waals surface area (Å²) in [6, 6.07) is 11.3. The first-order valence-electron chi connectivity index (χ1n) is 11.5. The summed E-state index contributed by atoms with van der Waals surface area (Å²) in [4.78, 5) is 4.13. The monoisotopic (exact) mass is 620 g/mol. The van der Waals surface area contributed by atoms with Crippen LogP contribution in [0.5, 0.6) is 0 Å². The first kappa shape index (κ1) is 28.7. The second kappa shape index (κ2) is 11.8. The van der Waals surface area contributed by atoms with Crippen molar-refractivity contribution in [2.45, 2.75) is 37.0 Å². The largest absolute Gasteiger partial charge is 0.748 e. The number of thioether (sulfide) groups is 1. The minimum atomic E-state index is -4.26. The first-order chi connectivity index (χ1) is 17.4. The van der Waals surface area contributed by atoms with Crippen molar-refractivity contribution < 1.29 is 25.9 Å². The number of thiophene rings is 1. The Morgan fingerprint density at radius 2 is 1.65 bits per heavy atom. The van der Waals surface area contributed by atoms with Gasteiger partial charge in [0.05, 0.1) is 26.6 Å². The fourth-order valence-corrected chi connectivity index (χ4v) is 8.00. The molecule has 0 fully saturated rings. The third kappa shape index (κ3) is 7.86. The number of aryl methyl sites for hydroxylation is 1. The number of hydrogen-bond donors (Lipinski definition) is 1. The number of benzene rings is 2. The molecule has 3 aromatic rings. The Morgan fingerprint density at radius 1 is 0.946 bits per heavy atom. The van der Waals surface area contributed by atoms with E-state index in [1.165, 1.54) is 0 Å². The highest BCUT2D eigenvalue weighted by Crippen LogP contribution is 2.49. The van der Waals surface area contributed by atoms with Crippen LogP contribution in [-0.4, -0.2) is 44.0 Å². The molecule has 0 bridgehead atoms. The number of fused-ring (bicyclic) bond motifs is 2. The predicted molar refractivity (Wildman–Crippen MR) is 153 cm³/mol. The molecule has 1 aliphatic rings. The van der Waals surface area contributed by atoms with E-state index in [1.54, 1.807) is 23.1 Å². The third-order valence-electron chi connectivity index (χ3n) is 5.84. The van der Waals surface area contributed by atoms with E-state index in [0.29, 0.717) is 42.3 Å². The second-order valence-electron chi connectivity index (χ2n) is 8.65. The van der Waals surface area contributed by atoms with Crippen molar-refractivity contribution in [2.24, 2.45) is 0 Å². The zero-order chi connectivity index (χ0) is 26.8. The van der Waals surface area contributed by atoms with Gasteiger partial charge in [0, 0.05) is 36.8 Å². The smallest absolute Gasteiger partial charge is 0.264 e. The minimum absolute atomic E-state index is 0.276. The van der Waals surface area contributed by atoms with Crippen LogP contribution in [0.25, 0.3) is 16.2 Å². The van der Waals surface area contributed by atoms with Gasteiger partial charge in [-0.1, -0.05) is 35.0 Å². The molecule has 200 valence electrons. The molecular weight excluding hydrogens is 597 g/mol. The van der Waals surface area contributed by atoms with Gasteiger partial charge in [-0.2, -0.15) is 8.42 Å². The SMILES string of the molecule is O=S(=O)([O-])CCCCc1c(C=C2Sc3ccc(Cl)cc3N2CCCCS(=O)(=O)O)sc2ccc(Cl)cc12. The average Bonchev–Trinajstić information content (AvgIpc) is 3.30. The summed E-state index contributed by atoms with van der Waals surface area (Å²) >= 11 is 15.7. The van der Waals surface area contributed by atoms with Gasteiger partial charge in [-0.05, 0) is 85.5 Å². The number of hydrogen-bond acceptors (Lipinski definition) is 8. The van der Waals surface area contributed by atoms with Crippen molar-refractivity contribution in [2.75, 3.05) is 23.0 Å². The van der Waals surface area contributed by atoms with E-state index in [2.05, 4.69) is 11.0 Å². The molecule has 0 radical (unpaired) electrons. The summed E-state index contributed by atoms with van der Waals surface area (Å²) in [5.74, 6) is -0.689. The van der Waals surface area contributed by atoms with Crippen LogP contribution in [0.1, 0.15) is 36.1 Å². The lowest BCUT2D eigenvalue weighted by molar-refractivity contribution is 0.460. The second-order valence-corrected chi connectivity index (χ2v) is 14.8. The topological polar surface area (TPSA) is 115 Å². The van der Waals surface area contributed by atoms with Gasteiger partial charge in [0.25, 0.3) is 10.1 Å². The van der Waals surface area contributed by atoms with Gasteiger partial charge in [-0.25, -0.2) is 8.42 Å². The van der Waals surface area contributed by atoms with E-state index in [0.717, 1.165) is 36.1 Å². The summed E-state index contributed by atoms with van der Waals surface area (Å²) in [6.07, 6.45) is 4.35. The van der Waals surface area contributed by atoms with E-state index in [1.807, 2.05) is 36.4 Å². The zero-order valence-electron chi connectivity index (χ0n) is 19.5. The average molecular weight is 622 g/mol. The molecule has 0 amide bonds. The lowest BCUT2D eigenvalue weighted by Crippen LogP contribution is -2.19. The molecule has 4 rings (SSSR count). The standard InChI is InChI=1S/C24H25Cl2NO6S4/c25-16-6-8-21-19(13-16)18(5-1-3-11-36(28,29)30)23(34-21)15-24-27(10-2-4-12-37(31,32)33)20-14-17(26)7-9-22(20)35-24/h6-9,13-15H,1-5,10-12H2,(H,28,29,30)(H,31,32,33)/p-1. The Balaban J connectivity index is 1.66. The van der Waals surface area contributed by atoms with Crippen LogP contribution in [0, 0.1) is 0 Å². The summed E-state index contributed by atoms with van der Waals surface area (Å²) < 4.78 is 65.5. The normalized spacial score (nSPS) is 15.1. The Bertz CT molecular complexity index is 1550. The van der Waals surface area contributed by atoms with Gasteiger partial charge in [0.15, 0.2) is 0 Å². The summed E-state index contributed by atoms with van der Waals surface area (Å²) in [6.45, 7) is 0.537. The molecule has 2 aromatic carbocycles. The van der Waals surface area contributed by atoms with Gasteiger partial charge in [-0.3, -0.25) is 4.55 Å². The maximum atomic E-state index is 11.1. The van der Waals surface area contributed by atoms with Gasteiger partial charge < -0.3 is 9.45 Å². The van der Waals surface area contributed by atoms with Crippen molar-refractivity contribution in [1.29, 1.82) is 0 Å². The van der Waals surface area contributed by atoms with Crippen LogP contribution >= 0.6 is 46.3 Å². The minimum Gasteiger partial charge on any atom is -0.748 e. The zero-order valence-corrected chi connectivity index (χ0v) is 24.3. The Labute approximate surface area is 235 Å². The summed E-state index contributed by atoms with van der Waals surface area (Å²) in [5, 5.41) is 3.14. The van der Waals surface area contributed by atoms with Crippen molar-refractivity contribution in [3.63, 3.8) is 0 Å². The highest BCUT2D eigenvalue weighted by Gasteiger charge is 2.26. The quantitative estimate of drug-likeness (QED) is 0.187. The van der Waals surface area contributed by atoms with E-state index >= 15 is 0 Å². The molecule has 37 heavy (non-hydrogen) atoms. The molecule has 1 N–H and O–H groups in total. The van der Waals surface area contributed by atoms with E-state index in [4.69, 9.17) is 27.8 Å². The molecule has 0 aliphatic carbocycles. The fourth-order valence-electron chi connectivity index (χ4n) is 4.17. The van der Waals surface area contributed by atoms with Crippen LogP contribution in [-0.2, 0) is 26.7 Å². The van der Waals surface area contributed by atoms with Gasteiger partial charge in [0.2, 0.25) is 0 Å². The van der Waals surface area contributed by atoms with Crippen LogP contribution in [0.3, 0.4) is 0 Å². The molecule has 1 aromatic heterocycles. The lowest BCUT2D eigenvalue weighted by atomic mass is 10.0. The molecule has 0 unspecified atom stereocenters. The number of rotatable bonds is 11. The number of halogens is 2. The highest BCUT2D eigenvalue weighted by atomic mass is 35.5. The number of anilines is 1. The summed E-state index contributed by atoms with van der Waals surface area (Å²) in [5.41, 5.74) is 1.97. The van der Waals surface area contributed by atoms with Crippen LogP contribution in [0.4, 0.5) is 5.69 Å². The lowest BCUT2D eigenvalue weighted by Gasteiger charge is -2.20. The molecule has 1 aliphatic heterocycles. The first-order valence-corrected chi connectivity index (χ1v) is 17.0. The maximum Gasteiger partial charge on any atom is 0.264 e. The molecule has 0 saturated carbocycles. The fraction of sp³-hybridized carbons (Fsp3) is 0.333. The molecule has 13 heteroatoms. The van der Waals surface area contributed by atoms with Crippen molar-refractivity contribution >= 4 is 88.4 Å². The number of nitrogens with zero attached hydrogens (tertiary/aromatic N) is 1. The van der Waals surface area contributed by atoms with Crippen molar-refractivity contribution in [3.8, 4) is 0 Å². The van der Waals surface area contributed by atoms with E-state index < -0.39 is 26.0 Å². The molecular formula is C24H24Cl2NO6S4-. The van der Waals surface area contributed by atoms with E-state index in [9.17, 15) is 21.4 Å². The van der Waals surface area contributed by atoms with Gasteiger partial charge >= 0.3 is 0 Å². The Kier molecular flexibility index (Phi) is 9.17. The van der Waals surface area contributed by atoms with Gasteiger partial charge in [-0.15, -0.1) is 11.3 Å². The Hall–Kier alpha value is -1.31. The van der Waals surface area contributed by atoms with Crippen molar-refractivity contribution in [3.05, 3.63) is 61.9 Å². The predicted octanol–water partition coefficient (Wildman–Crippen LogP) is 6.65. The Morgan fingerprint density at radius 3 is 2.38 bits per heavy atom. The third-order valence-corrected chi connectivity index (χ3v) is 10.2. The maximum absolute atomic E-state index is 11.1. The van der Waals surface area contributed by atoms with Crippen LogP contribution < -0.4 is 4.90 Å². The molecule has 0 spiro atoms. The molecule has 7 nitrogen and oxygen atoms in total. The molecule has 0 saturated heterocycles. The molecule has 0 atom stereocenters. The van der Waals surface area contributed by atoms with Crippen molar-refractivity contribution in [1.82, 2.24) is 0 Å². The van der Waals surface area contributed by atoms with Gasteiger partial charge in [0.1, 0.15) is 0 Å². The molecule has 2 heterocycles. The number of unbranched alkanes of at least 4 members (excludes halogenated alkanes) is 2. The van der Waals surface area contributed by atoms with E-state index in [-0.39, 0.29) is 12.2 Å². The summed E-state index contributed by atoms with van der Waals surface area (Å²) in [7, 11) is -8.28. The van der Waals surface area contributed by atoms with Crippen LogP contribution in [0.2, 0.25) is 10.0 Å². The highest BCUT2D eigenvalue weighted by molar-refractivity contribution is 8.04.